The van der Waals surface area contributed by atoms with Crippen molar-refractivity contribution in [2.24, 2.45) is 5.84 Å². The van der Waals surface area contributed by atoms with Gasteiger partial charge >= 0.3 is 0 Å². The van der Waals surface area contributed by atoms with E-state index in [0.29, 0.717) is 11.7 Å². The molecule has 3 N–H and O–H groups in total. The van der Waals surface area contributed by atoms with Crippen molar-refractivity contribution in [3.8, 4) is 5.69 Å². The summed E-state index contributed by atoms with van der Waals surface area (Å²) in [5.41, 5.74) is 5.54. The predicted octanol–water partition coefficient (Wildman–Crippen LogP) is 2.22. The number of nitrogens with one attached hydrogen (secondary N) is 1. The van der Waals surface area contributed by atoms with E-state index in [4.69, 9.17) is 5.84 Å². The largest absolute Gasteiger partial charge is 0.308 e. The van der Waals surface area contributed by atoms with Crippen LogP contribution < -0.4 is 11.3 Å². The Kier molecular flexibility index (Phi) is 3.08. The Morgan fingerprint density at radius 3 is 2.55 bits per heavy atom. The van der Waals surface area contributed by atoms with E-state index in [1.807, 2.05) is 12.1 Å². The smallest absolute Gasteiger partial charge is 0.168 e. The third-order valence-electron chi connectivity index (χ3n) is 3.31. The van der Waals surface area contributed by atoms with E-state index in [1.54, 1.807) is 10.9 Å². The van der Waals surface area contributed by atoms with E-state index in [9.17, 15) is 0 Å². The number of benzene rings is 1. The van der Waals surface area contributed by atoms with Crippen molar-refractivity contribution >= 4 is 16.9 Å². The van der Waals surface area contributed by atoms with Crippen LogP contribution in [0.3, 0.4) is 0 Å². The average molecular weight is 268 g/mol. The Balaban J connectivity index is 2.10. The van der Waals surface area contributed by atoms with Crippen molar-refractivity contribution in [1.29, 1.82) is 0 Å². The van der Waals surface area contributed by atoms with Crippen LogP contribution in [0.15, 0.2) is 36.8 Å². The van der Waals surface area contributed by atoms with E-state index in [0.717, 1.165) is 16.7 Å². The minimum atomic E-state index is 0.508. The Labute approximate surface area is 116 Å². The van der Waals surface area contributed by atoms with E-state index in [2.05, 4.69) is 46.5 Å². The van der Waals surface area contributed by atoms with Crippen molar-refractivity contribution in [1.82, 2.24) is 19.7 Å². The maximum atomic E-state index is 5.44. The fourth-order valence-corrected chi connectivity index (χ4v) is 2.15. The van der Waals surface area contributed by atoms with Crippen molar-refractivity contribution in [3.63, 3.8) is 0 Å². The minimum Gasteiger partial charge on any atom is -0.308 e. The molecule has 0 radical (unpaired) electrons. The van der Waals surface area contributed by atoms with Crippen LogP contribution in [0.2, 0.25) is 0 Å². The Morgan fingerprint density at radius 2 is 1.90 bits per heavy atom. The molecule has 0 atom stereocenters. The standard InChI is InChI=1S/C14H16N6/c1-9(2)10-3-5-11(6-4-10)20-14-12(7-18-20)13(19-15)16-8-17-14/h3-9H,15H2,1-2H3,(H,16,17,19). The lowest BCUT2D eigenvalue weighted by Crippen LogP contribution is -2.09. The minimum absolute atomic E-state index is 0.508. The zero-order chi connectivity index (χ0) is 14.1. The van der Waals surface area contributed by atoms with Gasteiger partial charge in [-0.15, -0.1) is 0 Å². The number of hydrazine groups is 1. The lowest BCUT2D eigenvalue weighted by atomic mass is 10.0. The summed E-state index contributed by atoms with van der Waals surface area (Å²) in [7, 11) is 0. The van der Waals surface area contributed by atoms with Gasteiger partial charge in [0.15, 0.2) is 11.5 Å². The van der Waals surface area contributed by atoms with Crippen LogP contribution in [0.25, 0.3) is 16.7 Å². The Bertz CT molecular complexity index is 729. The van der Waals surface area contributed by atoms with Gasteiger partial charge in [0.1, 0.15) is 6.33 Å². The molecule has 0 bridgehead atoms. The molecule has 0 aliphatic rings. The van der Waals surface area contributed by atoms with Gasteiger partial charge in [-0.2, -0.15) is 5.10 Å². The van der Waals surface area contributed by atoms with E-state index >= 15 is 0 Å². The lowest BCUT2D eigenvalue weighted by molar-refractivity contribution is 0.858. The molecule has 0 saturated heterocycles. The number of fused-ring (bicyclic) bond motifs is 1. The fourth-order valence-electron chi connectivity index (χ4n) is 2.15. The number of hydrogen-bond donors (Lipinski definition) is 2. The van der Waals surface area contributed by atoms with Crippen molar-refractivity contribution < 1.29 is 0 Å². The molecule has 0 amide bonds. The molecule has 102 valence electrons. The molecule has 0 aliphatic heterocycles. The highest BCUT2D eigenvalue weighted by molar-refractivity contribution is 5.86. The molecule has 2 aromatic heterocycles. The molecule has 3 aromatic rings. The number of nitrogens with two attached hydrogens (primary N) is 1. The van der Waals surface area contributed by atoms with Gasteiger partial charge in [0.2, 0.25) is 0 Å². The summed E-state index contributed by atoms with van der Waals surface area (Å²) in [5.74, 6) is 6.52. The number of nitrogens with zero attached hydrogens (tertiary/aromatic N) is 4. The fraction of sp³-hybridized carbons (Fsp3) is 0.214. The van der Waals surface area contributed by atoms with Gasteiger partial charge in [-0.25, -0.2) is 20.5 Å². The summed E-state index contributed by atoms with van der Waals surface area (Å²) in [6, 6.07) is 8.30. The first-order valence-corrected chi connectivity index (χ1v) is 6.46. The lowest BCUT2D eigenvalue weighted by Gasteiger charge is -2.07. The Morgan fingerprint density at radius 1 is 1.15 bits per heavy atom. The summed E-state index contributed by atoms with van der Waals surface area (Å²) in [4.78, 5) is 8.35. The highest BCUT2D eigenvalue weighted by Crippen LogP contribution is 2.22. The van der Waals surface area contributed by atoms with E-state index in [-0.39, 0.29) is 0 Å². The maximum Gasteiger partial charge on any atom is 0.168 e. The highest BCUT2D eigenvalue weighted by Gasteiger charge is 2.10. The summed E-state index contributed by atoms with van der Waals surface area (Å²) >= 11 is 0. The topological polar surface area (TPSA) is 81.7 Å². The van der Waals surface area contributed by atoms with Crippen LogP contribution >= 0.6 is 0 Å². The molecule has 6 nitrogen and oxygen atoms in total. The molecule has 0 fully saturated rings. The third-order valence-corrected chi connectivity index (χ3v) is 3.31. The first-order valence-electron chi connectivity index (χ1n) is 6.46. The molecule has 0 unspecified atom stereocenters. The molecule has 20 heavy (non-hydrogen) atoms. The van der Waals surface area contributed by atoms with Gasteiger partial charge in [0, 0.05) is 0 Å². The normalized spacial score (nSPS) is 11.2. The van der Waals surface area contributed by atoms with Gasteiger partial charge < -0.3 is 5.43 Å². The quantitative estimate of drug-likeness (QED) is 0.562. The number of aromatic nitrogens is 4. The van der Waals surface area contributed by atoms with Crippen LogP contribution in [-0.4, -0.2) is 19.7 Å². The first kappa shape index (κ1) is 12.6. The number of anilines is 1. The second-order valence-corrected chi connectivity index (χ2v) is 4.91. The molecule has 0 aliphatic carbocycles. The molecule has 2 heterocycles. The predicted molar refractivity (Wildman–Crippen MR) is 78.6 cm³/mol. The van der Waals surface area contributed by atoms with E-state index in [1.165, 1.54) is 11.9 Å². The second-order valence-electron chi connectivity index (χ2n) is 4.91. The van der Waals surface area contributed by atoms with Crippen LogP contribution in [0.5, 0.6) is 0 Å². The van der Waals surface area contributed by atoms with Crippen LogP contribution in [0.4, 0.5) is 5.82 Å². The average Bonchev–Trinajstić information content (AvgIpc) is 2.91. The van der Waals surface area contributed by atoms with Gasteiger partial charge in [0.05, 0.1) is 17.3 Å². The third kappa shape index (κ3) is 2.00. The molecular weight excluding hydrogens is 252 g/mol. The van der Waals surface area contributed by atoms with E-state index < -0.39 is 0 Å². The van der Waals surface area contributed by atoms with Crippen molar-refractivity contribution in [3.05, 3.63) is 42.4 Å². The van der Waals surface area contributed by atoms with Crippen LogP contribution in [0, 0.1) is 0 Å². The summed E-state index contributed by atoms with van der Waals surface area (Å²) < 4.78 is 1.78. The molecule has 6 heteroatoms. The van der Waals surface area contributed by atoms with Crippen molar-refractivity contribution in [2.75, 3.05) is 5.43 Å². The summed E-state index contributed by atoms with van der Waals surface area (Å²) in [5, 5.41) is 5.16. The zero-order valence-corrected chi connectivity index (χ0v) is 11.4. The van der Waals surface area contributed by atoms with Gasteiger partial charge in [-0.05, 0) is 23.6 Å². The Hall–Kier alpha value is -2.47. The first-order chi connectivity index (χ1) is 9.70. The van der Waals surface area contributed by atoms with Gasteiger partial charge in [0.25, 0.3) is 0 Å². The monoisotopic (exact) mass is 268 g/mol. The molecule has 3 rings (SSSR count). The molecule has 0 saturated carbocycles. The molecule has 0 spiro atoms. The summed E-state index contributed by atoms with van der Waals surface area (Å²) in [6.07, 6.45) is 3.18. The summed E-state index contributed by atoms with van der Waals surface area (Å²) in [6.45, 7) is 4.34. The SMILES string of the molecule is CC(C)c1ccc(-n2ncc3c(NN)ncnc32)cc1. The van der Waals surface area contributed by atoms with Gasteiger partial charge in [-0.1, -0.05) is 26.0 Å². The molecular formula is C14H16N6. The molecule has 1 aromatic carbocycles. The maximum absolute atomic E-state index is 5.44. The van der Waals surface area contributed by atoms with Crippen LogP contribution in [-0.2, 0) is 0 Å². The number of hydrogen-bond acceptors (Lipinski definition) is 5. The van der Waals surface area contributed by atoms with Crippen LogP contribution in [0.1, 0.15) is 25.3 Å². The van der Waals surface area contributed by atoms with Crippen molar-refractivity contribution in [2.45, 2.75) is 19.8 Å². The second kappa shape index (κ2) is 4.90. The highest BCUT2D eigenvalue weighted by atomic mass is 15.3. The van der Waals surface area contributed by atoms with Gasteiger partial charge in [-0.3, -0.25) is 0 Å². The zero-order valence-electron chi connectivity index (χ0n) is 11.4. The number of nitrogen functional groups attached to an aromatic ring is 1. The number of rotatable bonds is 3.